The Bertz CT molecular complexity index is 487. The number of rotatable bonds is 5. The van der Waals surface area contributed by atoms with Crippen molar-refractivity contribution in [1.29, 1.82) is 0 Å². The maximum Gasteiger partial charge on any atom is 0.149 e. The Kier molecular flexibility index (Phi) is 4.80. The van der Waals surface area contributed by atoms with Crippen molar-refractivity contribution in [2.75, 3.05) is 30.5 Å². The number of hydrogen-bond acceptors (Lipinski definition) is 4. The topological polar surface area (TPSA) is 57.6 Å². The van der Waals surface area contributed by atoms with E-state index >= 15 is 0 Å². The molecular weight excluding hydrogens is 262 g/mol. The number of sulfone groups is 1. The zero-order valence-corrected chi connectivity index (χ0v) is 11.4. The summed E-state index contributed by atoms with van der Waals surface area (Å²) in [6, 6.07) is 5.25. The summed E-state index contributed by atoms with van der Waals surface area (Å²) in [5, 5.41) is 9.46. The molecule has 4 nitrogen and oxygen atoms in total. The highest BCUT2D eigenvalue weighted by Gasteiger charge is 2.08. The van der Waals surface area contributed by atoms with E-state index in [0.29, 0.717) is 17.1 Å². The maximum absolute atomic E-state index is 11.0. The van der Waals surface area contributed by atoms with Crippen LogP contribution in [0.5, 0.6) is 0 Å². The molecule has 1 N–H and O–H groups in total. The summed E-state index contributed by atoms with van der Waals surface area (Å²) in [5.41, 5.74) is 1.49. The van der Waals surface area contributed by atoms with Crippen LogP contribution in [0.2, 0.25) is 5.02 Å². The standard InChI is InChI=1S/C11H16ClNO3S/c1-13(5-6-17(2,15)16)10-4-3-9(8-14)11(12)7-10/h3-4,7,14H,5-6,8H2,1-2H3. The van der Waals surface area contributed by atoms with Crippen LogP contribution in [0.3, 0.4) is 0 Å². The monoisotopic (exact) mass is 277 g/mol. The molecule has 96 valence electrons. The fraction of sp³-hybridized carbons (Fsp3) is 0.455. The van der Waals surface area contributed by atoms with Crippen LogP contribution in [0.1, 0.15) is 5.56 Å². The Morgan fingerprint density at radius 1 is 1.41 bits per heavy atom. The van der Waals surface area contributed by atoms with Crippen LogP contribution in [0.15, 0.2) is 18.2 Å². The molecule has 0 radical (unpaired) electrons. The van der Waals surface area contributed by atoms with Gasteiger partial charge in [-0.05, 0) is 17.7 Å². The molecule has 0 spiro atoms. The van der Waals surface area contributed by atoms with Crippen molar-refractivity contribution in [3.63, 3.8) is 0 Å². The summed E-state index contributed by atoms with van der Waals surface area (Å²) in [6.45, 7) is 0.305. The number of benzene rings is 1. The molecule has 0 aromatic heterocycles. The molecule has 0 amide bonds. The first-order chi connectivity index (χ1) is 7.83. The molecule has 0 aliphatic carbocycles. The predicted molar refractivity (Wildman–Crippen MR) is 70.4 cm³/mol. The van der Waals surface area contributed by atoms with Gasteiger partial charge in [0.2, 0.25) is 0 Å². The van der Waals surface area contributed by atoms with Gasteiger partial charge in [-0.3, -0.25) is 0 Å². The molecule has 0 atom stereocenters. The first-order valence-electron chi connectivity index (χ1n) is 5.11. The molecule has 0 aliphatic rings. The van der Waals surface area contributed by atoms with Crippen molar-refractivity contribution in [2.45, 2.75) is 6.61 Å². The van der Waals surface area contributed by atoms with Crippen LogP contribution < -0.4 is 4.90 Å². The zero-order valence-electron chi connectivity index (χ0n) is 9.85. The molecule has 0 fully saturated rings. The van der Waals surface area contributed by atoms with Gasteiger partial charge in [-0.2, -0.15) is 0 Å². The summed E-state index contributed by atoms with van der Waals surface area (Å²) >= 11 is 5.96. The third kappa shape index (κ3) is 4.53. The quantitative estimate of drug-likeness (QED) is 0.882. The fourth-order valence-electron chi connectivity index (χ4n) is 1.33. The average molecular weight is 278 g/mol. The minimum Gasteiger partial charge on any atom is -0.392 e. The second kappa shape index (κ2) is 5.71. The first-order valence-corrected chi connectivity index (χ1v) is 7.55. The maximum atomic E-state index is 11.0. The lowest BCUT2D eigenvalue weighted by atomic mass is 10.2. The largest absolute Gasteiger partial charge is 0.392 e. The molecule has 6 heteroatoms. The number of halogens is 1. The summed E-state index contributed by atoms with van der Waals surface area (Å²) < 4.78 is 22.1. The van der Waals surface area contributed by atoms with Gasteiger partial charge in [0.15, 0.2) is 0 Å². The lowest BCUT2D eigenvalue weighted by Crippen LogP contribution is -2.24. The van der Waals surface area contributed by atoms with E-state index in [1.807, 2.05) is 4.90 Å². The smallest absolute Gasteiger partial charge is 0.149 e. The molecule has 1 rings (SSSR count). The van der Waals surface area contributed by atoms with Crippen molar-refractivity contribution < 1.29 is 13.5 Å². The van der Waals surface area contributed by atoms with Gasteiger partial charge >= 0.3 is 0 Å². The Hall–Kier alpha value is -0.780. The molecule has 0 aliphatic heterocycles. The zero-order chi connectivity index (χ0) is 13.1. The van der Waals surface area contributed by atoms with Gasteiger partial charge in [0, 0.05) is 30.6 Å². The third-order valence-electron chi connectivity index (χ3n) is 2.45. The minimum absolute atomic E-state index is 0.100. The third-order valence-corrected chi connectivity index (χ3v) is 3.72. The van der Waals surface area contributed by atoms with Crippen LogP contribution in [0.25, 0.3) is 0 Å². The van der Waals surface area contributed by atoms with Gasteiger partial charge in [0.05, 0.1) is 12.4 Å². The summed E-state index contributed by atoms with van der Waals surface area (Å²) in [7, 11) is -1.16. The molecule has 1 aromatic rings. The highest BCUT2D eigenvalue weighted by Crippen LogP contribution is 2.23. The molecule has 0 bridgehead atoms. The molecular formula is C11H16ClNO3S. The summed E-state index contributed by atoms with van der Waals surface area (Å²) in [6.07, 6.45) is 1.21. The molecule has 0 saturated carbocycles. The Morgan fingerprint density at radius 3 is 2.53 bits per heavy atom. The van der Waals surface area contributed by atoms with E-state index < -0.39 is 9.84 Å². The minimum atomic E-state index is -2.96. The van der Waals surface area contributed by atoms with E-state index in [1.54, 1.807) is 25.2 Å². The number of aliphatic hydroxyl groups excluding tert-OH is 1. The van der Waals surface area contributed by atoms with E-state index in [1.165, 1.54) is 6.26 Å². The summed E-state index contributed by atoms with van der Waals surface area (Å²) in [5.74, 6) is 0.100. The van der Waals surface area contributed by atoms with Gasteiger partial charge in [0.1, 0.15) is 9.84 Å². The Morgan fingerprint density at radius 2 is 2.06 bits per heavy atom. The normalized spacial score (nSPS) is 11.5. The average Bonchev–Trinajstić information content (AvgIpc) is 2.24. The predicted octanol–water partition coefficient (Wildman–Crippen LogP) is 1.31. The highest BCUT2D eigenvalue weighted by molar-refractivity contribution is 7.90. The fourth-order valence-corrected chi connectivity index (χ4v) is 2.17. The lowest BCUT2D eigenvalue weighted by Gasteiger charge is -2.19. The van der Waals surface area contributed by atoms with E-state index in [2.05, 4.69) is 0 Å². The van der Waals surface area contributed by atoms with Crippen molar-refractivity contribution >= 4 is 27.1 Å². The Balaban J connectivity index is 2.76. The van der Waals surface area contributed by atoms with Gasteiger partial charge in [-0.1, -0.05) is 17.7 Å². The van der Waals surface area contributed by atoms with Crippen molar-refractivity contribution in [1.82, 2.24) is 0 Å². The molecule has 0 unspecified atom stereocenters. The molecule has 1 aromatic carbocycles. The second-order valence-corrected chi connectivity index (χ2v) is 6.65. The van der Waals surface area contributed by atoms with E-state index in [0.717, 1.165) is 5.69 Å². The van der Waals surface area contributed by atoms with E-state index in [4.69, 9.17) is 16.7 Å². The van der Waals surface area contributed by atoms with Crippen LogP contribution in [0.4, 0.5) is 5.69 Å². The number of aliphatic hydroxyl groups is 1. The SMILES string of the molecule is CN(CCS(C)(=O)=O)c1ccc(CO)c(Cl)c1. The summed E-state index contributed by atoms with van der Waals surface area (Å²) in [4.78, 5) is 1.81. The van der Waals surface area contributed by atoms with Crippen molar-refractivity contribution in [3.8, 4) is 0 Å². The lowest BCUT2D eigenvalue weighted by molar-refractivity contribution is 0.282. The van der Waals surface area contributed by atoms with E-state index in [9.17, 15) is 8.42 Å². The first kappa shape index (κ1) is 14.3. The molecule has 0 heterocycles. The van der Waals surface area contributed by atoms with Crippen molar-refractivity contribution in [3.05, 3.63) is 28.8 Å². The number of hydrogen-bond donors (Lipinski definition) is 1. The van der Waals surface area contributed by atoms with E-state index in [-0.39, 0.29) is 12.4 Å². The van der Waals surface area contributed by atoms with Crippen molar-refractivity contribution in [2.24, 2.45) is 0 Å². The molecule has 17 heavy (non-hydrogen) atoms. The van der Waals surface area contributed by atoms with Gasteiger partial charge in [0.25, 0.3) is 0 Å². The molecule has 0 saturated heterocycles. The van der Waals surface area contributed by atoms with Gasteiger partial charge < -0.3 is 10.0 Å². The number of nitrogens with zero attached hydrogens (tertiary/aromatic N) is 1. The number of anilines is 1. The van der Waals surface area contributed by atoms with Gasteiger partial charge in [-0.25, -0.2) is 8.42 Å². The van der Waals surface area contributed by atoms with Crippen LogP contribution in [0, 0.1) is 0 Å². The van der Waals surface area contributed by atoms with Crippen LogP contribution >= 0.6 is 11.6 Å². The van der Waals surface area contributed by atoms with Gasteiger partial charge in [-0.15, -0.1) is 0 Å². The Labute approximate surface area is 107 Å². The highest BCUT2D eigenvalue weighted by atomic mass is 35.5. The van der Waals surface area contributed by atoms with Crippen LogP contribution in [-0.2, 0) is 16.4 Å². The van der Waals surface area contributed by atoms with Crippen LogP contribution in [-0.4, -0.2) is 39.1 Å². The second-order valence-electron chi connectivity index (χ2n) is 3.99.